The Morgan fingerprint density at radius 1 is 1.03 bits per heavy atom. The Labute approximate surface area is 179 Å². The van der Waals surface area contributed by atoms with Crippen LogP contribution in [-0.2, 0) is 0 Å². The van der Waals surface area contributed by atoms with Crippen molar-refractivity contribution in [1.82, 2.24) is 20.8 Å². The number of nitro groups is 1. The number of halogens is 2. The standard InChI is InChI=1S/C18H13Cl2N5O5/c19-11-3-1-10(2-4-11)15-23-18(30-24-15)17(27)22-8-7-21-16(26)13-6-5-12(25(28)29)9-14(13)20/h1-6,9H,7-8H2,(H,21,26)(H,22,27). The van der Waals surface area contributed by atoms with Crippen LogP contribution in [0.4, 0.5) is 5.69 Å². The maximum Gasteiger partial charge on any atom is 0.316 e. The molecule has 0 aliphatic heterocycles. The van der Waals surface area contributed by atoms with Crippen molar-refractivity contribution in [3.05, 3.63) is 74.1 Å². The molecule has 0 spiro atoms. The lowest BCUT2D eigenvalue weighted by atomic mass is 10.2. The van der Waals surface area contributed by atoms with Crippen molar-refractivity contribution in [2.45, 2.75) is 0 Å². The Morgan fingerprint density at radius 2 is 1.70 bits per heavy atom. The normalized spacial score (nSPS) is 10.5. The number of aromatic nitrogens is 2. The van der Waals surface area contributed by atoms with Gasteiger partial charge in [-0.25, -0.2) is 0 Å². The van der Waals surface area contributed by atoms with Crippen LogP contribution in [0.15, 0.2) is 47.0 Å². The van der Waals surface area contributed by atoms with Gasteiger partial charge in [0.15, 0.2) is 0 Å². The molecule has 12 heteroatoms. The molecule has 0 bridgehead atoms. The molecule has 1 aromatic heterocycles. The average molecular weight is 450 g/mol. The molecule has 10 nitrogen and oxygen atoms in total. The summed E-state index contributed by atoms with van der Waals surface area (Å²) in [5, 5.41) is 20.0. The number of carbonyl (C=O) groups is 2. The van der Waals surface area contributed by atoms with Crippen molar-refractivity contribution in [2.75, 3.05) is 13.1 Å². The first-order chi connectivity index (χ1) is 14.3. The molecule has 3 aromatic rings. The number of nitro benzene ring substituents is 1. The minimum atomic E-state index is -0.612. The van der Waals surface area contributed by atoms with Crippen LogP contribution in [0.3, 0.4) is 0 Å². The number of hydrogen-bond donors (Lipinski definition) is 2. The lowest BCUT2D eigenvalue weighted by Gasteiger charge is -2.07. The Kier molecular flexibility index (Phi) is 6.60. The summed E-state index contributed by atoms with van der Waals surface area (Å²) in [6.07, 6.45) is 0. The molecule has 0 unspecified atom stereocenters. The van der Waals surface area contributed by atoms with Gasteiger partial charge in [0.1, 0.15) is 0 Å². The van der Waals surface area contributed by atoms with Crippen molar-refractivity contribution in [1.29, 1.82) is 0 Å². The Balaban J connectivity index is 1.50. The van der Waals surface area contributed by atoms with Crippen LogP contribution in [0.25, 0.3) is 11.4 Å². The Hall–Kier alpha value is -3.50. The van der Waals surface area contributed by atoms with E-state index >= 15 is 0 Å². The van der Waals surface area contributed by atoms with Gasteiger partial charge < -0.3 is 15.2 Å². The molecule has 0 atom stereocenters. The molecular formula is C18H13Cl2N5O5. The molecule has 0 aliphatic carbocycles. The zero-order chi connectivity index (χ0) is 21.7. The van der Waals surface area contributed by atoms with Crippen molar-refractivity contribution < 1.29 is 19.0 Å². The quantitative estimate of drug-likeness (QED) is 0.320. The van der Waals surface area contributed by atoms with Crippen molar-refractivity contribution in [3.63, 3.8) is 0 Å². The zero-order valence-electron chi connectivity index (χ0n) is 15.1. The second kappa shape index (κ2) is 9.33. The van der Waals surface area contributed by atoms with Crippen LogP contribution in [0.1, 0.15) is 21.0 Å². The van der Waals surface area contributed by atoms with Gasteiger partial charge in [-0.2, -0.15) is 4.98 Å². The summed E-state index contributed by atoms with van der Waals surface area (Å²) in [5.41, 5.74) is 0.494. The molecule has 0 saturated heterocycles. The predicted molar refractivity (Wildman–Crippen MR) is 108 cm³/mol. The van der Waals surface area contributed by atoms with Gasteiger partial charge in [0.05, 0.1) is 15.5 Å². The minimum Gasteiger partial charge on any atom is -0.350 e. The van der Waals surface area contributed by atoms with E-state index in [-0.39, 0.29) is 41.1 Å². The average Bonchev–Trinajstić information content (AvgIpc) is 3.21. The summed E-state index contributed by atoms with van der Waals surface area (Å²) in [7, 11) is 0. The molecular weight excluding hydrogens is 437 g/mol. The van der Waals surface area contributed by atoms with E-state index in [2.05, 4.69) is 20.8 Å². The first-order valence-corrected chi connectivity index (χ1v) is 9.20. The number of non-ortho nitro benzene ring substituents is 1. The first kappa shape index (κ1) is 21.2. The molecule has 154 valence electrons. The fourth-order valence-corrected chi connectivity index (χ4v) is 2.74. The lowest BCUT2D eigenvalue weighted by molar-refractivity contribution is -0.384. The van der Waals surface area contributed by atoms with Crippen LogP contribution < -0.4 is 10.6 Å². The fraction of sp³-hybridized carbons (Fsp3) is 0.111. The van der Waals surface area contributed by atoms with Crippen molar-refractivity contribution in [3.8, 4) is 11.4 Å². The van der Waals surface area contributed by atoms with E-state index in [1.807, 2.05) is 0 Å². The molecule has 2 aromatic carbocycles. The summed E-state index contributed by atoms with van der Waals surface area (Å²) in [6.45, 7) is 0.157. The summed E-state index contributed by atoms with van der Waals surface area (Å²) in [4.78, 5) is 38.3. The van der Waals surface area contributed by atoms with E-state index < -0.39 is 16.7 Å². The molecule has 0 radical (unpaired) electrons. The molecule has 30 heavy (non-hydrogen) atoms. The molecule has 2 N–H and O–H groups in total. The second-order valence-corrected chi connectivity index (χ2v) is 6.71. The van der Waals surface area contributed by atoms with Crippen molar-refractivity contribution in [2.24, 2.45) is 0 Å². The van der Waals surface area contributed by atoms with E-state index in [9.17, 15) is 19.7 Å². The monoisotopic (exact) mass is 449 g/mol. The summed E-state index contributed by atoms with van der Waals surface area (Å²) >= 11 is 11.7. The summed E-state index contributed by atoms with van der Waals surface area (Å²) < 4.78 is 4.94. The maximum atomic E-state index is 12.1. The van der Waals surface area contributed by atoms with E-state index in [0.29, 0.717) is 10.6 Å². The molecule has 0 aliphatic rings. The molecule has 1 heterocycles. The third kappa shape index (κ3) is 5.10. The molecule has 2 amide bonds. The highest BCUT2D eigenvalue weighted by atomic mass is 35.5. The van der Waals surface area contributed by atoms with Crippen molar-refractivity contribution >= 4 is 40.7 Å². The van der Waals surface area contributed by atoms with Gasteiger partial charge in [-0.05, 0) is 30.3 Å². The highest BCUT2D eigenvalue weighted by Crippen LogP contribution is 2.22. The number of benzene rings is 2. The molecule has 0 fully saturated rings. The van der Waals surface area contributed by atoms with Crippen LogP contribution in [0.2, 0.25) is 10.0 Å². The minimum absolute atomic E-state index is 0.0497. The van der Waals surface area contributed by atoms with Crippen LogP contribution in [0, 0.1) is 10.1 Å². The number of nitrogens with one attached hydrogen (secondary N) is 2. The fourth-order valence-electron chi connectivity index (χ4n) is 2.36. The zero-order valence-corrected chi connectivity index (χ0v) is 16.6. The van der Waals surface area contributed by atoms with Gasteiger partial charge in [0, 0.05) is 35.8 Å². The van der Waals surface area contributed by atoms with E-state index in [4.69, 9.17) is 27.7 Å². The highest BCUT2D eigenvalue weighted by molar-refractivity contribution is 6.34. The van der Waals surface area contributed by atoms with Crippen LogP contribution in [-0.4, -0.2) is 40.0 Å². The number of carbonyl (C=O) groups excluding carboxylic acids is 2. The van der Waals surface area contributed by atoms with Gasteiger partial charge in [-0.15, -0.1) is 0 Å². The highest BCUT2D eigenvalue weighted by Gasteiger charge is 2.17. The summed E-state index contributed by atoms with van der Waals surface area (Å²) in [6, 6.07) is 10.2. The number of nitrogens with zero attached hydrogens (tertiary/aromatic N) is 3. The smallest absolute Gasteiger partial charge is 0.316 e. The SMILES string of the molecule is O=C(NCCNC(=O)c1ccc([N+](=O)[O-])cc1Cl)c1nc(-c2ccc(Cl)cc2)no1. The third-order valence-corrected chi connectivity index (χ3v) is 4.39. The van der Waals surface area contributed by atoms with E-state index in [1.54, 1.807) is 24.3 Å². The molecule has 3 rings (SSSR count). The topological polar surface area (TPSA) is 140 Å². The predicted octanol–water partition coefficient (Wildman–Crippen LogP) is 3.11. The van der Waals surface area contributed by atoms with Gasteiger partial charge >= 0.3 is 11.8 Å². The van der Waals surface area contributed by atoms with E-state index in [1.165, 1.54) is 12.1 Å². The van der Waals surface area contributed by atoms with Crippen LogP contribution in [0.5, 0.6) is 0 Å². The Bertz CT molecular complexity index is 1100. The Morgan fingerprint density at radius 3 is 2.33 bits per heavy atom. The number of amides is 2. The summed E-state index contributed by atoms with van der Waals surface area (Å²) in [5.74, 6) is -1.14. The largest absolute Gasteiger partial charge is 0.350 e. The lowest BCUT2D eigenvalue weighted by Crippen LogP contribution is -2.34. The third-order valence-electron chi connectivity index (χ3n) is 3.83. The maximum absolute atomic E-state index is 12.1. The van der Waals surface area contributed by atoms with Gasteiger partial charge in [-0.3, -0.25) is 19.7 Å². The van der Waals surface area contributed by atoms with Gasteiger partial charge in [-0.1, -0.05) is 28.4 Å². The molecule has 0 saturated carbocycles. The van der Waals surface area contributed by atoms with E-state index in [0.717, 1.165) is 6.07 Å². The first-order valence-electron chi connectivity index (χ1n) is 8.45. The van der Waals surface area contributed by atoms with Gasteiger partial charge in [0.2, 0.25) is 5.82 Å². The number of hydrogen-bond acceptors (Lipinski definition) is 7. The second-order valence-electron chi connectivity index (χ2n) is 5.86. The van der Waals surface area contributed by atoms with Crippen LogP contribution >= 0.6 is 23.2 Å². The van der Waals surface area contributed by atoms with Gasteiger partial charge in [0.25, 0.3) is 11.6 Å². The number of rotatable bonds is 7.